The molecule has 0 unspecified atom stereocenters. The van der Waals surface area contributed by atoms with Gasteiger partial charge in [0, 0.05) is 6.54 Å². The van der Waals surface area contributed by atoms with Gasteiger partial charge in [0.25, 0.3) is 15.9 Å². The molecule has 9 heteroatoms. The first-order valence-electron chi connectivity index (χ1n) is 6.95. The topological polar surface area (TPSA) is 97.4 Å². The molecule has 3 rings (SSSR count). The number of aromatic nitrogens is 1. The number of fused-ring (bicyclic) bond motifs is 1. The first kappa shape index (κ1) is 15.8. The maximum Gasteiger partial charge on any atom is 0.267 e. The fourth-order valence-corrected chi connectivity index (χ4v) is 4.63. The monoisotopic (exact) mass is 353 g/mol. The van der Waals surface area contributed by atoms with E-state index in [1.54, 1.807) is 18.2 Å². The molecule has 1 aliphatic heterocycles. The highest BCUT2D eigenvalue weighted by Crippen LogP contribution is 2.29. The average molecular weight is 353 g/mol. The van der Waals surface area contributed by atoms with Crippen LogP contribution >= 0.6 is 11.3 Å². The Bertz CT molecular complexity index is 845. The lowest BCUT2D eigenvalue weighted by Gasteiger charge is -2.09. The molecule has 0 atom stereocenters. The summed E-state index contributed by atoms with van der Waals surface area (Å²) in [6, 6.07) is 6.32. The van der Waals surface area contributed by atoms with E-state index in [-0.39, 0.29) is 21.7 Å². The minimum absolute atomic E-state index is 0.0253. The molecule has 2 heterocycles. The molecule has 23 heavy (non-hydrogen) atoms. The molecule has 0 spiro atoms. The van der Waals surface area contributed by atoms with E-state index in [2.05, 4.69) is 15.0 Å². The number of anilines is 1. The maximum absolute atomic E-state index is 12.5. The number of rotatable bonds is 4. The fourth-order valence-electron chi connectivity index (χ4n) is 2.29. The zero-order valence-electron chi connectivity index (χ0n) is 12.3. The number of amides is 1. The predicted octanol–water partition coefficient (Wildman–Crippen LogP) is 1.63. The Balaban J connectivity index is 1.93. The van der Waals surface area contributed by atoms with Crippen LogP contribution in [0.5, 0.6) is 5.75 Å². The molecule has 0 fully saturated rings. The van der Waals surface area contributed by atoms with Crippen LogP contribution in [0.4, 0.5) is 5.13 Å². The second-order valence-corrected chi connectivity index (χ2v) is 7.56. The van der Waals surface area contributed by atoms with Gasteiger partial charge in [-0.3, -0.25) is 9.52 Å². The lowest BCUT2D eigenvalue weighted by molar-refractivity contribution is 0.0960. The summed E-state index contributed by atoms with van der Waals surface area (Å²) in [7, 11) is -2.43. The molecular formula is C14H15N3O4S2. The van der Waals surface area contributed by atoms with E-state index in [1.807, 2.05) is 0 Å². The van der Waals surface area contributed by atoms with Gasteiger partial charge >= 0.3 is 0 Å². The molecule has 2 aromatic rings. The Labute approximate surface area is 137 Å². The minimum Gasteiger partial charge on any atom is -0.495 e. The van der Waals surface area contributed by atoms with Crippen LogP contribution in [0, 0.1) is 0 Å². The van der Waals surface area contributed by atoms with Crippen LogP contribution < -0.4 is 14.8 Å². The van der Waals surface area contributed by atoms with Crippen molar-refractivity contribution in [1.29, 1.82) is 0 Å². The third-order valence-corrected chi connectivity index (χ3v) is 5.88. The number of ether oxygens (including phenoxy) is 1. The number of aryl methyl sites for hydroxylation is 1. The quantitative estimate of drug-likeness (QED) is 0.871. The van der Waals surface area contributed by atoms with Gasteiger partial charge in [-0.15, -0.1) is 0 Å². The van der Waals surface area contributed by atoms with Gasteiger partial charge in [-0.1, -0.05) is 23.5 Å². The highest BCUT2D eigenvalue weighted by molar-refractivity contribution is 7.93. The number of benzene rings is 1. The van der Waals surface area contributed by atoms with Crippen LogP contribution in [0.15, 0.2) is 29.2 Å². The average Bonchev–Trinajstić information content (AvgIpc) is 2.85. The van der Waals surface area contributed by atoms with Crippen LogP contribution in [0.2, 0.25) is 0 Å². The molecule has 1 aliphatic rings. The summed E-state index contributed by atoms with van der Waals surface area (Å²) >= 11 is 1.04. The Morgan fingerprint density at radius 1 is 1.35 bits per heavy atom. The highest BCUT2D eigenvalue weighted by Gasteiger charge is 2.24. The molecule has 0 radical (unpaired) electrons. The van der Waals surface area contributed by atoms with Crippen molar-refractivity contribution in [3.8, 4) is 5.75 Å². The van der Waals surface area contributed by atoms with Gasteiger partial charge in [0.05, 0.1) is 12.8 Å². The number of hydrogen-bond donors (Lipinski definition) is 2. The summed E-state index contributed by atoms with van der Waals surface area (Å²) in [5, 5.41) is 2.94. The molecule has 7 nitrogen and oxygen atoms in total. The molecule has 1 aromatic carbocycles. The van der Waals surface area contributed by atoms with E-state index in [0.717, 1.165) is 17.8 Å². The van der Waals surface area contributed by atoms with Gasteiger partial charge in [-0.2, -0.15) is 0 Å². The van der Waals surface area contributed by atoms with Crippen molar-refractivity contribution < 1.29 is 17.9 Å². The summed E-state index contributed by atoms with van der Waals surface area (Å²) in [6.45, 7) is 0.601. The maximum atomic E-state index is 12.5. The van der Waals surface area contributed by atoms with Crippen molar-refractivity contribution in [2.75, 3.05) is 18.4 Å². The minimum atomic E-state index is -3.84. The second-order valence-electron chi connectivity index (χ2n) is 4.91. The SMILES string of the molecule is COc1ccccc1S(=O)(=O)Nc1nc2c(s1)C(=O)NCCC2. The van der Waals surface area contributed by atoms with Crippen LogP contribution in [-0.2, 0) is 16.4 Å². The Morgan fingerprint density at radius 3 is 2.91 bits per heavy atom. The predicted molar refractivity (Wildman–Crippen MR) is 86.6 cm³/mol. The van der Waals surface area contributed by atoms with Crippen molar-refractivity contribution in [3.63, 3.8) is 0 Å². The summed E-state index contributed by atoms with van der Waals surface area (Å²) in [4.78, 5) is 16.7. The Morgan fingerprint density at radius 2 is 2.13 bits per heavy atom. The summed E-state index contributed by atoms with van der Waals surface area (Å²) in [5.74, 6) is 0.0357. The number of methoxy groups -OCH3 is 1. The Kier molecular flexibility index (Phi) is 4.22. The van der Waals surface area contributed by atoms with Crippen molar-refractivity contribution in [3.05, 3.63) is 34.8 Å². The molecule has 0 saturated heterocycles. The molecule has 1 amide bonds. The highest BCUT2D eigenvalue weighted by atomic mass is 32.2. The molecule has 122 valence electrons. The Hall–Kier alpha value is -2.13. The smallest absolute Gasteiger partial charge is 0.267 e. The van der Waals surface area contributed by atoms with Gasteiger partial charge in [0.1, 0.15) is 15.5 Å². The van der Waals surface area contributed by atoms with Gasteiger partial charge in [-0.05, 0) is 25.0 Å². The van der Waals surface area contributed by atoms with E-state index < -0.39 is 10.0 Å². The third-order valence-electron chi connectivity index (χ3n) is 3.36. The molecule has 0 aliphatic carbocycles. The van der Waals surface area contributed by atoms with Crippen molar-refractivity contribution in [2.24, 2.45) is 0 Å². The third kappa shape index (κ3) is 3.15. The number of nitrogens with zero attached hydrogens (tertiary/aromatic N) is 1. The van der Waals surface area contributed by atoms with Crippen LogP contribution in [0.3, 0.4) is 0 Å². The molecule has 0 bridgehead atoms. The molecule has 2 N–H and O–H groups in total. The number of sulfonamides is 1. The molecular weight excluding hydrogens is 338 g/mol. The number of carbonyl (C=O) groups is 1. The van der Waals surface area contributed by atoms with Gasteiger partial charge in [-0.25, -0.2) is 13.4 Å². The van der Waals surface area contributed by atoms with Gasteiger partial charge < -0.3 is 10.1 Å². The lowest BCUT2D eigenvalue weighted by Crippen LogP contribution is -2.21. The van der Waals surface area contributed by atoms with E-state index >= 15 is 0 Å². The van der Waals surface area contributed by atoms with Crippen LogP contribution in [-0.4, -0.2) is 33.0 Å². The van der Waals surface area contributed by atoms with Crippen LogP contribution in [0.25, 0.3) is 0 Å². The zero-order valence-corrected chi connectivity index (χ0v) is 14.0. The number of thiazole rings is 1. The lowest BCUT2D eigenvalue weighted by atomic mass is 10.2. The van der Waals surface area contributed by atoms with Crippen molar-refractivity contribution in [1.82, 2.24) is 10.3 Å². The number of hydrogen-bond acceptors (Lipinski definition) is 6. The second kappa shape index (κ2) is 6.17. The standard InChI is InChI=1S/C14H15N3O4S2/c1-21-10-6-2-3-7-11(10)23(19,20)17-14-16-9-5-4-8-15-13(18)12(9)22-14/h2-3,6-7H,4-5,8H2,1H3,(H,15,18)(H,16,17). The fraction of sp³-hybridized carbons (Fsp3) is 0.286. The van der Waals surface area contributed by atoms with Gasteiger partial charge in [0.15, 0.2) is 5.13 Å². The van der Waals surface area contributed by atoms with Crippen molar-refractivity contribution >= 4 is 32.4 Å². The first-order chi connectivity index (χ1) is 11.0. The normalized spacial score (nSPS) is 14.6. The zero-order chi connectivity index (χ0) is 16.4. The number of nitrogens with one attached hydrogen (secondary N) is 2. The summed E-state index contributed by atoms with van der Waals surface area (Å²) < 4.78 is 32.5. The summed E-state index contributed by atoms with van der Waals surface area (Å²) in [5.41, 5.74) is 0.628. The van der Waals surface area contributed by atoms with E-state index in [4.69, 9.17) is 4.74 Å². The van der Waals surface area contributed by atoms with E-state index in [0.29, 0.717) is 23.5 Å². The number of carbonyl (C=O) groups excluding carboxylic acids is 1. The number of para-hydroxylation sites is 1. The first-order valence-corrected chi connectivity index (χ1v) is 9.25. The van der Waals surface area contributed by atoms with Crippen LogP contribution in [0.1, 0.15) is 21.8 Å². The largest absolute Gasteiger partial charge is 0.495 e. The molecule has 1 aromatic heterocycles. The summed E-state index contributed by atoms with van der Waals surface area (Å²) in [6.07, 6.45) is 1.42. The van der Waals surface area contributed by atoms with E-state index in [9.17, 15) is 13.2 Å². The van der Waals surface area contributed by atoms with E-state index in [1.165, 1.54) is 13.2 Å². The van der Waals surface area contributed by atoms with Gasteiger partial charge in [0.2, 0.25) is 0 Å². The molecule has 0 saturated carbocycles. The van der Waals surface area contributed by atoms with Crippen molar-refractivity contribution in [2.45, 2.75) is 17.7 Å².